The number of benzene rings is 1. The predicted molar refractivity (Wildman–Crippen MR) is 114 cm³/mol. The molecule has 1 N–H and O–H groups in total. The van der Waals surface area contributed by atoms with Crippen molar-refractivity contribution < 1.29 is 23.9 Å². The normalized spacial score (nSPS) is 19.2. The molecular formula is C23H25N3O5. The maximum absolute atomic E-state index is 13.2. The van der Waals surface area contributed by atoms with Gasteiger partial charge in [0.15, 0.2) is 0 Å². The van der Waals surface area contributed by atoms with Crippen LogP contribution in [-0.2, 0) is 25.7 Å². The van der Waals surface area contributed by atoms with Crippen LogP contribution in [0, 0.1) is 0 Å². The molecule has 2 fully saturated rings. The number of aromatic nitrogens is 1. The summed E-state index contributed by atoms with van der Waals surface area (Å²) in [4.78, 5) is 51.3. The van der Waals surface area contributed by atoms with E-state index in [-0.39, 0.29) is 30.7 Å². The molecule has 4 amide bonds. The van der Waals surface area contributed by atoms with Crippen molar-refractivity contribution in [2.24, 2.45) is 0 Å². The molecule has 0 spiro atoms. The highest BCUT2D eigenvalue weighted by Crippen LogP contribution is 2.28. The Labute approximate surface area is 179 Å². The number of barbiturate groups is 1. The predicted octanol–water partition coefficient (Wildman–Crippen LogP) is 3.00. The van der Waals surface area contributed by atoms with E-state index < -0.39 is 17.8 Å². The standard InChI is InChI=1S/C23H25N3O5/c1-2-31-20(27)14-25-13-15(17-10-6-7-11-19(17)25)12-18-21(28)24-23(30)26(22(18)29)16-8-4-3-5-9-16/h6-7,10-13,16H,2-5,8-9,14H2,1H3,(H,24,28,30)/b18-12+. The molecule has 1 aliphatic heterocycles. The Balaban J connectivity index is 1.71. The van der Waals surface area contributed by atoms with Gasteiger partial charge in [0.1, 0.15) is 12.1 Å². The number of nitrogens with zero attached hydrogens (tertiary/aromatic N) is 2. The van der Waals surface area contributed by atoms with Gasteiger partial charge in [-0.1, -0.05) is 37.5 Å². The van der Waals surface area contributed by atoms with E-state index in [4.69, 9.17) is 4.74 Å². The van der Waals surface area contributed by atoms with E-state index in [9.17, 15) is 19.2 Å². The second-order valence-corrected chi connectivity index (χ2v) is 7.82. The summed E-state index contributed by atoms with van der Waals surface area (Å²) >= 11 is 0. The fourth-order valence-corrected chi connectivity index (χ4v) is 4.36. The molecule has 8 nitrogen and oxygen atoms in total. The van der Waals surface area contributed by atoms with Gasteiger partial charge in [0, 0.05) is 28.7 Å². The number of fused-ring (bicyclic) bond motifs is 1. The Morgan fingerprint density at radius 2 is 1.90 bits per heavy atom. The van der Waals surface area contributed by atoms with Crippen molar-refractivity contribution in [1.82, 2.24) is 14.8 Å². The van der Waals surface area contributed by atoms with Crippen LogP contribution in [0.1, 0.15) is 44.6 Å². The molecule has 0 radical (unpaired) electrons. The number of carbonyl (C=O) groups excluding carboxylic acids is 4. The zero-order valence-corrected chi connectivity index (χ0v) is 17.4. The van der Waals surface area contributed by atoms with E-state index in [1.54, 1.807) is 17.7 Å². The van der Waals surface area contributed by atoms with Gasteiger partial charge >= 0.3 is 12.0 Å². The second kappa shape index (κ2) is 8.75. The van der Waals surface area contributed by atoms with Crippen LogP contribution in [0.2, 0.25) is 0 Å². The minimum atomic E-state index is -0.704. The van der Waals surface area contributed by atoms with Gasteiger partial charge in [-0.2, -0.15) is 0 Å². The van der Waals surface area contributed by atoms with Gasteiger partial charge in [0.25, 0.3) is 11.8 Å². The number of hydrogen-bond donors (Lipinski definition) is 1. The lowest BCUT2D eigenvalue weighted by Crippen LogP contribution is -2.58. The molecule has 0 atom stereocenters. The third-order valence-electron chi connectivity index (χ3n) is 5.80. The number of ether oxygens (including phenoxy) is 1. The van der Waals surface area contributed by atoms with Crippen LogP contribution in [0.25, 0.3) is 17.0 Å². The minimum absolute atomic E-state index is 0.0182. The van der Waals surface area contributed by atoms with Gasteiger partial charge in [0.2, 0.25) is 0 Å². The van der Waals surface area contributed by atoms with Crippen LogP contribution in [0.4, 0.5) is 4.79 Å². The Hall–Kier alpha value is -3.42. The van der Waals surface area contributed by atoms with Crippen molar-refractivity contribution in [3.8, 4) is 0 Å². The summed E-state index contributed by atoms with van der Waals surface area (Å²) in [6, 6.07) is 6.57. The summed E-state index contributed by atoms with van der Waals surface area (Å²) in [5, 5.41) is 3.10. The number of imide groups is 2. The van der Waals surface area contributed by atoms with Crippen molar-refractivity contribution in [3.05, 3.63) is 41.6 Å². The maximum Gasteiger partial charge on any atom is 0.331 e. The van der Waals surface area contributed by atoms with Gasteiger partial charge in [-0.15, -0.1) is 0 Å². The molecule has 0 unspecified atom stereocenters. The summed E-state index contributed by atoms with van der Waals surface area (Å²) in [6.45, 7) is 2.05. The van der Waals surface area contributed by atoms with Crippen molar-refractivity contribution in [3.63, 3.8) is 0 Å². The SMILES string of the molecule is CCOC(=O)Cn1cc(/C=C2\C(=O)NC(=O)N(C3CCCCC3)C2=O)c2ccccc21. The summed E-state index contributed by atoms with van der Waals surface area (Å²) in [6.07, 6.45) is 7.72. The van der Waals surface area contributed by atoms with Crippen molar-refractivity contribution in [2.75, 3.05) is 6.61 Å². The van der Waals surface area contributed by atoms with Crippen molar-refractivity contribution in [2.45, 2.75) is 51.6 Å². The van der Waals surface area contributed by atoms with Gasteiger partial charge in [-0.25, -0.2) is 4.79 Å². The molecule has 1 aliphatic carbocycles. The van der Waals surface area contributed by atoms with E-state index in [2.05, 4.69) is 5.32 Å². The first-order valence-electron chi connectivity index (χ1n) is 10.6. The van der Waals surface area contributed by atoms with Crippen molar-refractivity contribution in [1.29, 1.82) is 0 Å². The van der Waals surface area contributed by atoms with E-state index in [0.717, 1.165) is 43.0 Å². The third kappa shape index (κ3) is 4.10. The first kappa shape index (κ1) is 20.8. The van der Waals surface area contributed by atoms with Crippen LogP contribution in [-0.4, -0.2) is 45.9 Å². The molecule has 8 heteroatoms. The number of urea groups is 1. The molecule has 2 aliphatic rings. The van der Waals surface area contributed by atoms with Gasteiger partial charge in [-0.05, 0) is 31.9 Å². The molecular weight excluding hydrogens is 398 g/mol. The minimum Gasteiger partial charge on any atom is -0.465 e. The smallest absolute Gasteiger partial charge is 0.331 e. The molecule has 4 rings (SSSR count). The number of amides is 4. The zero-order valence-electron chi connectivity index (χ0n) is 17.4. The third-order valence-corrected chi connectivity index (χ3v) is 5.80. The average Bonchev–Trinajstić information content (AvgIpc) is 3.09. The highest BCUT2D eigenvalue weighted by molar-refractivity contribution is 6.31. The summed E-state index contributed by atoms with van der Waals surface area (Å²) in [5.41, 5.74) is 1.33. The lowest BCUT2D eigenvalue weighted by atomic mass is 9.93. The average molecular weight is 423 g/mol. The number of esters is 1. The number of para-hydroxylation sites is 1. The first-order valence-corrected chi connectivity index (χ1v) is 10.6. The topological polar surface area (TPSA) is 97.7 Å². The molecule has 2 aromatic rings. The van der Waals surface area contributed by atoms with Gasteiger partial charge in [-0.3, -0.25) is 24.6 Å². The molecule has 162 valence electrons. The number of carbonyl (C=O) groups is 4. The van der Waals surface area contributed by atoms with Crippen LogP contribution in [0.3, 0.4) is 0 Å². The lowest BCUT2D eigenvalue weighted by Gasteiger charge is -2.35. The number of nitrogens with one attached hydrogen (secondary N) is 1. The van der Waals surface area contributed by atoms with Gasteiger partial charge in [0.05, 0.1) is 6.61 Å². The molecule has 1 saturated heterocycles. The van der Waals surface area contributed by atoms with E-state index in [1.165, 1.54) is 11.0 Å². The Morgan fingerprint density at radius 3 is 2.65 bits per heavy atom. The molecule has 1 aromatic heterocycles. The van der Waals surface area contributed by atoms with Crippen LogP contribution in [0.5, 0.6) is 0 Å². The quantitative estimate of drug-likeness (QED) is 0.453. The Kier molecular flexibility index (Phi) is 5.88. The fourth-order valence-electron chi connectivity index (χ4n) is 4.36. The number of rotatable bonds is 5. The largest absolute Gasteiger partial charge is 0.465 e. The first-order chi connectivity index (χ1) is 15.0. The van der Waals surface area contributed by atoms with E-state index >= 15 is 0 Å². The molecule has 1 aromatic carbocycles. The summed E-state index contributed by atoms with van der Waals surface area (Å²) < 4.78 is 6.77. The van der Waals surface area contributed by atoms with Crippen molar-refractivity contribution >= 4 is 40.8 Å². The fraction of sp³-hybridized carbons (Fsp3) is 0.391. The van der Waals surface area contributed by atoms with Crippen LogP contribution >= 0.6 is 0 Å². The van der Waals surface area contributed by atoms with Crippen LogP contribution < -0.4 is 5.32 Å². The second-order valence-electron chi connectivity index (χ2n) is 7.82. The molecule has 2 heterocycles. The monoisotopic (exact) mass is 423 g/mol. The zero-order chi connectivity index (χ0) is 22.0. The highest BCUT2D eigenvalue weighted by Gasteiger charge is 2.40. The Bertz CT molecular complexity index is 1080. The summed E-state index contributed by atoms with van der Waals surface area (Å²) in [7, 11) is 0. The summed E-state index contributed by atoms with van der Waals surface area (Å²) in [5.74, 6) is -1.64. The molecule has 0 bridgehead atoms. The molecule has 1 saturated carbocycles. The lowest BCUT2D eigenvalue weighted by molar-refractivity contribution is -0.143. The van der Waals surface area contributed by atoms with E-state index in [0.29, 0.717) is 5.56 Å². The highest BCUT2D eigenvalue weighted by atomic mass is 16.5. The maximum atomic E-state index is 13.2. The van der Waals surface area contributed by atoms with Gasteiger partial charge < -0.3 is 9.30 Å². The number of hydrogen-bond acceptors (Lipinski definition) is 5. The molecule has 31 heavy (non-hydrogen) atoms. The van der Waals surface area contributed by atoms with E-state index in [1.807, 2.05) is 24.3 Å². The van der Waals surface area contributed by atoms with Crippen LogP contribution in [0.15, 0.2) is 36.0 Å². The Morgan fingerprint density at radius 1 is 1.16 bits per heavy atom.